The maximum atomic E-state index is 12.7. The van der Waals surface area contributed by atoms with Gasteiger partial charge in [-0.15, -0.1) is 0 Å². The number of nitrogens with zero attached hydrogens (tertiary/aromatic N) is 3. The number of aromatic nitrogens is 2. The minimum absolute atomic E-state index is 0.0462. The molecule has 2 aliphatic heterocycles. The van der Waals surface area contributed by atoms with E-state index in [2.05, 4.69) is 10.4 Å². The molecular formula is C18H22N4O3. The maximum Gasteiger partial charge on any atom is 0.313 e. The second-order valence-electron chi connectivity index (χ2n) is 7.06. The number of carbonyl (C=O) groups is 2. The molecule has 1 amide bonds. The quantitative estimate of drug-likeness (QED) is 0.872. The number of fused-ring (bicyclic) bond motifs is 2. The monoisotopic (exact) mass is 342 g/mol. The van der Waals surface area contributed by atoms with E-state index >= 15 is 0 Å². The lowest BCUT2D eigenvalue weighted by Gasteiger charge is -2.48. The number of carboxylic acid groups (broad SMARTS) is 1. The van der Waals surface area contributed by atoms with Crippen LogP contribution in [0.3, 0.4) is 0 Å². The zero-order chi connectivity index (χ0) is 17.4. The van der Waals surface area contributed by atoms with E-state index in [1.54, 1.807) is 9.58 Å². The fourth-order valence-corrected chi connectivity index (χ4v) is 4.19. The molecule has 1 aromatic carbocycles. The number of benzene rings is 1. The van der Waals surface area contributed by atoms with E-state index < -0.39 is 11.4 Å². The Labute approximate surface area is 145 Å². The van der Waals surface area contributed by atoms with Crippen molar-refractivity contribution in [2.75, 3.05) is 19.6 Å². The largest absolute Gasteiger partial charge is 0.481 e. The van der Waals surface area contributed by atoms with E-state index in [1.165, 1.54) is 0 Å². The summed E-state index contributed by atoms with van der Waals surface area (Å²) in [5, 5.41) is 18.6. The molecular weight excluding hydrogens is 320 g/mol. The minimum Gasteiger partial charge on any atom is -0.481 e. The number of carboxylic acids is 1. The van der Waals surface area contributed by atoms with Crippen LogP contribution >= 0.6 is 0 Å². The van der Waals surface area contributed by atoms with Crippen LogP contribution in [-0.4, -0.2) is 57.3 Å². The lowest BCUT2D eigenvalue weighted by Crippen LogP contribution is -2.64. The Kier molecular flexibility index (Phi) is 3.95. The van der Waals surface area contributed by atoms with Crippen LogP contribution in [0.5, 0.6) is 0 Å². The summed E-state index contributed by atoms with van der Waals surface area (Å²) >= 11 is 0. The number of likely N-dealkylation sites (tertiary alicyclic amines) is 1. The van der Waals surface area contributed by atoms with Crippen molar-refractivity contribution in [1.29, 1.82) is 0 Å². The Bertz CT molecular complexity index is 785. The maximum absolute atomic E-state index is 12.7. The van der Waals surface area contributed by atoms with Crippen molar-refractivity contribution in [2.24, 2.45) is 5.41 Å². The van der Waals surface area contributed by atoms with Crippen LogP contribution in [0, 0.1) is 5.41 Å². The Hall–Kier alpha value is -2.41. The molecule has 2 N–H and O–H groups in total. The van der Waals surface area contributed by atoms with Crippen molar-refractivity contribution in [1.82, 2.24) is 20.0 Å². The third-order valence-electron chi connectivity index (χ3n) is 5.56. The fourth-order valence-electron chi connectivity index (χ4n) is 4.19. The van der Waals surface area contributed by atoms with Gasteiger partial charge < -0.3 is 15.3 Å². The molecule has 3 heterocycles. The average molecular weight is 342 g/mol. The SMILES string of the molecule is O=C(Cn1cc2ccccc2n1)N1CC[C@H]2NCCC[C@]2(C(=O)O)C1. The number of rotatable bonds is 3. The second kappa shape index (κ2) is 6.15. The zero-order valence-electron chi connectivity index (χ0n) is 14.0. The van der Waals surface area contributed by atoms with Gasteiger partial charge in [0.25, 0.3) is 0 Å². The van der Waals surface area contributed by atoms with Crippen molar-refractivity contribution in [3.63, 3.8) is 0 Å². The number of hydrogen-bond acceptors (Lipinski definition) is 4. The van der Waals surface area contributed by atoms with E-state index in [0.717, 1.165) is 23.9 Å². The van der Waals surface area contributed by atoms with E-state index in [1.807, 2.05) is 30.5 Å². The van der Waals surface area contributed by atoms with Crippen molar-refractivity contribution < 1.29 is 14.7 Å². The predicted octanol–water partition coefficient (Wildman–Crippen LogP) is 1.09. The van der Waals surface area contributed by atoms with Crippen LogP contribution in [0.2, 0.25) is 0 Å². The molecule has 0 bridgehead atoms. The third kappa shape index (κ3) is 2.78. The van der Waals surface area contributed by atoms with Crippen LogP contribution in [0.4, 0.5) is 0 Å². The van der Waals surface area contributed by atoms with Gasteiger partial charge in [0.1, 0.15) is 12.0 Å². The molecule has 0 saturated carbocycles. The van der Waals surface area contributed by atoms with Gasteiger partial charge in [-0.3, -0.25) is 14.3 Å². The predicted molar refractivity (Wildman–Crippen MR) is 92.0 cm³/mol. The Morgan fingerprint density at radius 3 is 3.00 bits per heavy atom. The number of aliphatic carboxylic acids is 1. The fraction of sp³-hybridized carbons (Fsp3) is 0.500. The first-order chi connectivity index (χ1) is 12.1. The lowest BCUT2D eigenvalue weighted by molar-refractivity contribution is -0.159. The Morgan fingerprint density at radius 2 is 2.20 bits per heavy atom. The summed E-state index contributed by atoms with van der Waals surface area (Å²) in [7, 11) is 0. The number of nitrogens with one attached hydrogen (secondary N) is 1. The van der Waals surface area contributed by atoms with Gasteiger partial charge in [-0.25, -0.2) is 0 Å². The number of carbonyl (C=O) groups excluding carboxylic acids is 1. The lowest BCUT2D eigenvalue weighted by atomic mass is 9.70. The topological polar surface area (TPSA) is 87.5 Å². The van der Waals surface area contributed by atoms with Crippen LogP contribution in [0.1, 0.15) is 19.3 Å². The van der Waals surface area contributed by atoms with Crippen molar-refractivity contribution in [3.05, 3.63) is 30.5 Å². The van der Waals surface area contributed by atoms with E-state index in [-0.39, 0.29) is 25.0 Å². The molecule has 0 spiro atoms. The molecule has 0 unspecified atom stereocenters. The second-order valence-corrected chi connectivity index (χ2v) is 7.06. The molecule has 2 aromatic rings. The average Bonchev–Trinajstić information content (AvgIpc) is 3.03. The van der Waals surface area contributed by atoms with Crippen molar-refractivity contribution in [3.8, 4) is 0 Å². The molecule has 7 nitrogen and oxygen atoms in total. The van der Waals surface area contributed by atoms with E-state index in [0.29, 0.717) is 19.4 Å². The van der Waals surface area contributed by atoms with Gasteiger partial charge >= 0.3 is 5.97 Å². The van der Waals surface area contributed by atoms with E-state index in [4.69, 9.17) is 0 Å². The van der Waals surface area contributed by atoms with Crippen molar-refractivity contribution >= 4 is 22.8 Å². The van der Waals surface area contributed by atoms with Crippen LogP contribution in [-0.2, 0) is 16.1 Å². The molecule has 7 heteroatoms. The molecule has 132 valence electrons. The van der Waals surface area contributed by atoms with Gasteiger partial charge in [-0.05, 0) is 31.9 Å². The molecule has 0 aliphatic carbocycles. The number of amides is 1. The first kappa shape index (κ1) is 16.1. The number of piperidine rings is 2. The summed E-state index contributed by atoms with van der Waals surface area (Å²) in [5.41, 5.74) is -0.00597. The molecule has 1 aromatic heterocycles. The Morgan fingerprint density at radius 1 is 1.36 bits per heavy atom. The highest BCUT2D eigenvalue weighted by molar-refractivity contribution is 5.82. The molecule has 0 radical (unpaired) electrons. The van der Waals surface area contributed by atoms with Gasteiger partial charge in [0, 0.05) is 30.7 Å². The number of hydrogen-bond donors (Lipinski definition) is 2. The molecule has 2 atom stereocenters. The summed E-state index contributed by atoms with van der Waals surface area (Å²) in [5.74, 6) is -0.871. The molecule has 2 saturated heterocycles. The summed E-state index contributed by atoms with van der Waals surface area (Å²) in [4.78, 5) is 26.4. The first-order valence-corrected chi connectivity index (χ1v) is 8.75. The highest BCUT2D eigenvalue weighted by Crippen LogP contribution is 2.37. The third-order valence-corrected chi connectivity index (χ3v) is 5.56. The highest BCUT2D eigenvalue weighted by atomic mass is 16.4. The molecule has 2 fully saturated rings. The summed E-state index contributed by atoms with van der Waals surface area (Å²) < 4.78 is 1.64. The van der Waals surface area contributed by atoms with Crippen molar-refractivity contribution in [2.45, 2.75) is 31.8 Å². The van der Waals surface area contributed by atoms with Gasteiger partial charge in [0.15, 0.2) is 0 Å². The Balaban J connectivity index is 1.51. The van der Waals surface area contributed by atoms with Gasteiger partial charge in [0.2, 0.25) is 5.91 Å². The van der Waals surface area contributed by atoms with Crippen LogP contribution in [0.25, 0.3) is 10.9 Å². The van der Waals surface area contributed by atoms with Gasteiger partial charge in [0.05, 0.1) is 5.52 Å². The summed E-state index contributed by atoms with van der Waals surface area (Å²) in [6.45, 7) is 1.86. The minimum atomic E-state index is -0.860. The summed E-state index contributed by atoms with van der Waals surface area (Å²) in [6.07, 6.45) is 3.99. The zero-order valence-corrected chi connectivity index (χ0v) is 14.0. The van der Waals surface area contributed by atoms with Gasteiger partial charge in [-0.1, -0.05) is 18.2 Å². The molecule has 4 rings (SSSR count). The first-order valence-electron chi connectivity index (χ1n) is 8.75. The summed E-state index contributed by atoms with van der Waals surface area (Å²) in [6, 6.07) is 7.68. The highest BCUT2D eigenvalue weighted by Gasteiger charge is 2.51. The molecule has 2 aliphatic rings. The van der Waals surface area contributed by atoms with Crippen LogP contribution in [0.15, 0.2) is 30.5 Å². The normalized spacial score (nSPS) is 26.4. The van der Waals surface area contributed by atoms with E-state index in [9.17, 15) is 14.7 Å². The standard InChI is InChI=1S/C18H22N4O3/c23-16(11-22-10-13-4-1-2-5-14(13)20-22)21-9-6-15-18(12-21,17(24)25)7-3-8-19-15/h1-2,4-5,10,15,19H,3,6-9,11-12H2,(H,24,25)/t15-,18+/m1/s1. The molecule has 25 heavy (non-hydrogen) atoms. The van der Waals surface area contributed by atoms with Gasteiger partial charge in [-0.2, -0.15) is 5.10 Å². The van der Waals surface area contributed by atoms with Crippen LogP contribution < -0.4 is 5.32 Å². The smallest absolute Gasteiger partial charge is 0.313 e.